The summed E-state index contributed by atoms with van der Waals surface area (Å²) >= 11 is 0. The summed E-state index contributed by atoms with van der Waals surface area (Å²) in [6.07, 6.45) is 0. The maximum Gasteiger partial charge on any atom is 0.143 e. The molecule has 1 aliphatic carbocycles. The van der Waals surface area contributed by atoms with E-state index in [0.717, 1.165) is 66.8 Å². The number of nitrogens with zero attached hydrogens (tertiary/aromatic N) is 1. The standard InChI is InChI=1S/C57H41NO/c1-57(2)52-24-13-12-21-48(52)49-34-31-45(37-53(49)57)58(44-29-25-40(26-30-44)38-15-6-3-7-16-38)54-35-42(39-17-8-4-9-18-39)27-32-46(54)43-28-33-50-51-23-14-22-47(41-19-10-5-11-20-41)56(51)59-55(50)36-43/h3-37H,1-2H3. The second-order valence-corrected chi connectivity index (χ2v) is 16.1. The monoisotopic (exact) mass is 755 g/mol. The summed E-state index contributed by atoms with van der Waals surface area (Å²) in [6.45, 7) is 4.71. The van der Waals surface area contributed by atoms with Crippen molar-refractivity contribution in [2.75, 3.05) is 4.90 Å². The first-order valence-electron chi connectivity index (χ1n) is 20.4. The van der Waals surface area contributed by atoms with Crippen molar-refractivity contribution in [3.63, 3.8) is 0 Å². The van der Waals surface area contributed by atoms with E-state index in [0.29, 0.717) is 0 Å². The molecule has 9 aromatic carbocycles. The number of hydrogen-bond donors (Lipinski definition) is 0. The molecule has 0 bridgehead atoms. The van der Waals surface area contributed by atoms with Gasteiger partial charge in [0.1, 0.15) is 11.2 Å². The second kappa shape index (κ2) is 13.9. The summed E-state index contributed by atoms with van der Waals surface area (Å²) in [7, 11) is 0. The van der Waals surface area contributed by atoms with Crippen LogP contribution in [0.15, 0.2) is 217 Å². The van der Waals surface area contributed by atoms with E-state index in [1.54, 1.807) is 0 Å². The van der Waals surface area contributed by atoms with Gasteiger partial charge in [0.15, 0.2) is 0 Å². The van der Waals surface area contributed by atoms with Crippen LogP contribution in [0.25, 0.3) is 77.6 Å². The molecule has 1 aromatic heterocycles. The average molecular weight is 756 g/mol. The molecule has 0 saturated carbocycles. The smallest absolute Gasteiger partial charge is 0.143 e. The first-order chi connectivity index (χ1) is 29.0. The van der Waals surface area contributed by atoms with Gasteiger partial charge in [0.2, 0.25) is 0 Å². The van der Waals surface area contributed by atoms with E-state index in [9.17, 15) is 0 Å². The zero-order valence-corrected chi connectivity index (χ0v) is 33.1. The Labute approximate surface area is 345 Å². The Morgan fingerprint density at radius 1 is 0.356 bits per heavy atom. The third-order valence-electron chi connectivity index (χ3n) is 12.3. The molecule has 0 fully saturated rings. The van der Waals surface area contributed by atoms with Crippen LogP contribution >= 0.6 is 0 Å². The lowest BCUT2D eigenvalue weighted by atomic mass is 9.82. The van der Waals surface area contributed by atoms with Crippen LogP contribution in [0.5, 0.6) is 0 Å². The number of benzene rings is 9. The van der Waals surface area contributed by atoms with E-state index < -0.39 is 0 Å². The second-order valence-electron chi connectivity index (χ2n) is 16.1. The first-order valence-corrected chi connectivity index (χ1v) is 20.4. The van der Waals surface area contributed by atoms with Crippen LogP contribution in [0.3, 0.4) is 0 Å². The van der Waals surface area contributed by atoms with Crippen LogP contribution in [0.2, 0.25) is 0 Å². The number of fused-ring (bicyclic) bond motifs is 6. The van der Waals surface area contributed by atoms with Crippen LogP contribution in [0.1, 0.15) is 25.0 Å². The van der Waals surface area contributed by atoms with Crippen molar-refractivity contribution in [2.24, 2.45) is 0 Å². The Morgan fingerprint density at radius 3 is 1.66 bits per heavy atom. The summed E-state index contributed by atoms with van der Waals surface area (Å²) in [4.78, 5) is 2.45. The summed E-state index contributed by atoms with van der Waals surface area (Å²) in [5, 5.41) is 2.23. The van der Waals surface area contributed by atoms with Crippen LogP contribution in [0.4, 0.5) is 17.1 Å². The van der Waals surface area contributed by atoms with Crippen molar-refractivity contribution in [1.82, 2.24) is 0 Å². The number of para-hydroxylation sites is 1. The molecule has 2 nitrogen and oxygen atoms in total. The molecule has 0 spiro atoms. The van der Waals surface area contributed by atoms with Gasteiger partial charge < -0.3 is 9.32 Å². The molecule has 11 rings (SSSR count). The molecular formula is C57H41NO. The fourth-order valence-corrected chi connectivity index (χ4v) is 9.27. The van der Waals surface area contributed by atoms with Gasteiger partial charge in [0.05, 0.1) is 5.69 Å². The molecule has 280 valence electrons. The quantitative estimate of drug-likeness (QED) is 0.161. The van der Waals surface area contributed by atoms with Gasteiger partial charge in [0.25, 0.3) is 0 Å². The van der Waals surface area contributed by atoms with Gasteiger partial charge in [-0.25, -0.2) is 0 Å². The minimum Gasteiger partial charge on any atom is -0.455 e. The summed E-state index contributed by atoms with van der Waals surface area (Å²) in [5.41, 5.74) is 19.4. The molecule has 0 radical (unpaired) electrons. The van der Waals surface area contributed by atoms with E-state index in [2.05, 4.69) is 231 Å². The van der Waals surface area contributed by atoms with E-state index >= 15 is 0 Å². The van der Waals surface area contributed by atoms with Crippen molar-refractivity contribution in [1.29, 1.82) is 0 Å². The fraction of sp³-hybridized carbons (Fsp3) is 0.0526. The van der Waals surface area contributed by atoms with Crippen molar-refractivity contribution in [2.45, 2.75) is 19.3 Å². The third-order valence-corrected chi connectivity index (χ3v) is 12.3. The molecular weight excluding hydrogens is 715 g/mol. The van der Waals surface area contributed by atoms with Gasteiger partial charge in [-0.1, -0.05) is 184 Å². The molecule has 59 heavy (non-hydrogen) atoms. The van der Waals surface area contributed by atoms with Gasteiger partial charge in [-0.3, -0.25) is 0 Å². The largest absolute Gasteiger partial charge is 0.455 e. The highest BCUT2D eigenvalue weighted by Crippen LogP contribution is 2.52. The normalized spacial score (nSPS) is 12.7. The Balaban J connectivity index is 1.13. The lowest BCUT2D eigenvalue weighted by Gasteiger charge is -2.30. The SMILES string of the molecule is CC1(C)c2ccccc2-c2ccc(N(c3ccc(-c4ccccc4)cc3)c3cc(-c4ccccc4)ccc3-c3ccc4c(c3)oc3c(-c5ccccc5)cccc34)cc21. The van der Waals surface area contributed by atoms with E-state index in [-0.39, 0.29) is 5.41 Å². The zero-order valence-electron chi connectivity index (χ0n) is 33.1. The number of anilines is 3. The predicted molar refractivity (Wildman–Crippen MR) is 248 cm³/mol. The highest BCUT2D eigenvalue weighted by molar-refractivity contribution is 6.10. The molecule has 0 saturated heterocycles. The predicted octanol–water partition coefficient (Wildman–Crippen LogP) is 16.0. The molecule has 0 atom stereocenters. The number of rotatable bonds is 7. The van der Waals surface area contributed by atoms with E-state index in [1.165, 1.54) is 38.9 Å². The molecule has 10 aromatic rings. The lowest BCUT2D eigenvalue weighted by Crippen LogP contribution is -2.17. The van der Waals surface area contributed by atoms with Gasteiger partial charge in [-0.2, -0.15) is 0 Å². The first kappa shape index (κ1) is 34.8. The molecule has 1 heterocycles. The summed E-state index contributed by atoms with van der Waals surface area (Å²) in [6, 6.07) is 76.8. The van der Waals surface area contributed by atoms with Gasteiger partial charge in [0, 0.05) is 38.7 Å². The molecule has 0 unspecified atom stereocenters. The molecule has 0 amide bonds. The van der Waals surface area contributed by atoms with E-state index in [1.807, 2.05) is 0 Å². The van der Waals surface area contributed by atoms with Crippen LogP contribution < -0.4 is 4.90 Å². The lowest BCUT2D eigenvalue weighted by molar-refractivity contribution is 0.660. The molecule has 1 aliphatic rings. The van der Waals surface area contributed by atoms with Crippen molar-refractivity contribution in [3.8, 4) is 55.6 Å². The fourth-order valence-electron chi connectivity index (χ4n) is 9.27. The third kappa shape index (κ3) is 5.87. The van der Waals surface area contributed by atoms with Crippen LogP contribution in [0, 0.1) is 0 Å². The number of hydrogen-bond acceptors (Lipinski definition) is 2. The van der Waals surface area contributed by atoms with Crippen molar-refractivity contribution >= 4 is 39.0 Å². The van der Waals surface area contributed by atoms with E-state index in [4.69, 9.17) is 4.42 Å². The molecule has 0 N–H and O–H groups in total. The van der Waals surface area contributed by atoms with Crippen molar-refractivity contribution in [3.05, 3.63) is 223 Å². The van der Waals surface area contributed by atoms with Crippen molar-refractivity contribution < 1.29 is 4.42 Å². The number of furan rings is 1. The Hall–Kier alpha value is -7.42. The molecule has 0 aliphatic heterocycles. The highest BCUT2D eigenvalue weighted by Gasteiger charge is 2.36. The maximum absolute atomic E-state index is 6.81. The average Bonchev–Trinajstić information content (AvgIpc) is 3.79. The van der Waals surface area contributed by atoms with Crippen LogP contribution in [-0.2, 0) is 5.41 Å². The zero-order chi connectivity index (χ0) is 39.5. The Bertz CT molecular complexity index is 3160. The Kier molecular flexibility index (Phi) is 8.20. The maximum atomic E-state index is 6.81. The highest BCUT2D eigenvalue weighted by atomic mass is 16.3. The minimum absolute atomic E-state index is 0.148. The minimum atomic E-state index is -0.148. The topological polar surface area (TPSA) is 16.4 Å². The van der Waals surface area contributed by atoms with Gasteiger partial charge >= 0.3 is 0 Å². The molecule has 2 heteroatoms. The summed E-state index contributed by atoms with van der Waals surface area (Å²) < 4.78 is 6.81. The van der Waals surface area contributed by atoms with Gasteiger partial charge in [-0.15, -0.1) is 0 Å². The van der Waals surface area contributed by atoms with Crippen LogP contribution in [-0.4, -0.2) is 0 Å². The van der Waals surface area contributed by atoms with Gasteiger partial charge in [-0.05, 0) is 98.1 Å². The summed E-state index contributed by atoms with van der Waals surface area (Å²) in [5.74, 6) is 0. The Morgan fingerprint density at radius 2 is 0.915 bits per heavy atom.